The highest BCUT2D eigenvalue weighted by Gasteiger charge is 2.28. The second kappa shape index (κ2) is 9.13. The van der Waals surface area contributed by atoms with Crippen molar-refractivity contribution in [3.05, 3.63) is 23.8 Å². The molecule has 0 saturated heterocycles. The number of carbonyl (C=O) groups is 2. The van der Waals surface area contributed by atoms with E-state index in [0.717, 1.165) is 17.7 Å². The lowest BCUT2D eigenvalue weighted by Gasteiger charge is -2.34. The summed E-state index contributed by atoms with van der Waals surface area (Å²) in [5, 5.41) is 3.00. The third kappa shape index (κ3) is 5.14. The Balaban J connectivity index is 1.90. The number of thioether (sulfide) groups is 1. The van der Waals surface area contributed by atoms with Crippen molar-refractivity contribution in [2.75, 3.05) is 20.0 Å². The predicted octanol–water partition coefficient (Wildman–Crippen LogP) is 3.51. The first-order chi connectivity index (χ1) is 12.0. The zero-order valence-electron chi connectivity index (χ0n) is 15.3. The summed E-state index contributed by atoms with van der Waals surface area (Å²) in [5.41, 5.74) is 0.327. The van der Waals surface area contributed by atoms with Gasteiger partial charge in [0.2, 0.25) is 0 Å². The zero-order chi connectivity index (χ0) is 18.4. The standard InChI is InChI=1S/C19H27NO4S/c1-12-6-5-7-16(13(12)2)20-18(21)11-24-19(22)15-9-8-14(25-4)10-17(15)23-3/h8-10,12-13,16H,5-7,11H2,1-4H3,(H,20,21)/t12-,13-,16+/m1/s1. The third-order valence-corrected chi connectivity index (χ3v) is 5.74. The van der Waals surface area contributed by atoms with Crippen molar-refractivity contribution in [1.82, 2.24) is 5.32 Å². The number of hydrogen-bond donors (Lipinski definition) is 1. The number of carbonyl (C=O) groups excluding carboxylic acids is 2. The van der Waals surface area contributed by atoms with E-state index >= 15 is 0 Å². The fourth-order valence-corrected chi connectivity index (χ4v) is 3.64. The van der Waals surface area contributed by atoms with E-state index in [1.165, 1.54) is 13.5 Å². The van der Waals surface area contributed by atoms with Crippen LogP contribution in [0.15, 0.2) is 23.1 Å². The Morgan fingerprint density at radius 3 is 2.72 bits per heavy atom. The molecule has 0 radical (unpaired) electrons. The van der Waals surface area contributed by atoms with Gasteiger partial charge >= 0.3 is 5.97 Å². The van der Waals surface area contributed by atoms with Gasteiger partial charge in [0.25, 0.3) is 5.91 Å². The Bertz CT molecular complexity index is 619. The second-order valence-electron chi connectivity index (χ2n) is 6.58. The first kappa shape index (κ1) is 19.6. The maximum atomic E-state index is 12.2. The number of amides is 1. The van der Waals surface area contributed by atoms with Crippen LogP contribution in [0.3, 0.4) is 0 Å². The highest BCUT2D eigenvalue weighted by atomic mass is 32.2. The number of methoxy groups -OCH3 is 1. The highest BCUT2D eigenvalue weighted by molar-refractivity contribution is 7.98. The van der Waals surface area contributed by atoms with E-state index in [1.54, 1.807) is 23.9 Å². The molecular formula is C19H27NO4S. The molecular weight excluding hydrogens is 338 g/mol. The molecule has 1 amide bonds. The summed E-state index contributed by atoms with van der Waals surface area (Å²) in [6.45, 7) is 4.11. The minimum absolute atomic E-state index is 0.158. The fourth-order valence-electron chi connectivity index (χ4n) is 3.21. The van der Waals surface area contributed by atoms with Gasteiger partial charge in [0, 0.05) is 10.9 Å². The van der Waals surface area contributed by atoms with Crippen LogP contribution >= 0.6 is 11.8 Å². The molecule has 6 heteroatoms. The summed E-state index contributed by atoms with van der Waals surface area (Å²) < 4.78 is 10.4. The molecule has 0 bridgehead atoms. The van der Waals surface area contributed by atoms with Crippen LogP contribution in [-0.2, 0) is 9.53 Å². The average molecular weight is 365 g/mol. The highest BCUT2D eigenvalue weighted by Crippen LogP contribution is 2.29. The normalized spacial score (nSPS) is 23.0. The molecule has 1 aliphatic carbocycles. The van der Waals surface area contributed by atoms with Crippen molar-refractivity contribution in [1.29, 1.82) is 0 Å². The van der Waals surface area contributed by atoms with Gasteiger partial charge in [-0.25, -0.2) is 4.79 Å². The molecule has 1 N–H and O–H groups in total. The van der Waals surface area contributed by atoms with Gasteiger partial charge in [-0.1, -0.05) is 26.7 Å². The molecule has 5 nitrogen and oxygen atoms in total. The van der Waals surface area contributed by atoms with Gasteiger partial charge < -0.3 is 14.8 Å². The minimum Gasteiger partial charge on any atom is -0.496 e. The molecule has 0 aromatic heterocycles. The molecule has 3 atom stereocenters. The number of nitrogens with one attached hydrogen (secondary N) is 1. The van der Waals surface area contributed by atoms with E-state index in [2.05, 4.69) is 19.2 Å². The van der Waals surface area contributed by atoms with E-state index in [9.17, 15) is 9.59 Å². The maximum Gasteiger partial charge on any atom is 0.342 e. The number of rotatable bonds is 6. The fraction of sp³-hybridized carbons (Fsp3) is 0.579. The zero-order valence-corrected chi connectivity index (χ0v) is 16.2. The summed E-state index contributed by atoms with van der Waals surface area (Å²) >= 11 is 1.56. The van der Waals surface area contributed by atoms with Crippen LogP contribution in [0, 0.1) is 11.8 Å². The SMILES string of the molecule is COc1cc(SC)ccc1C(=O)OCC(=O)N[C@H]1CCC[C@@H](C)[C@H]1C. The molecule has 25 heavy (non-hydrogen) atoms. The van der Waals surface area contributed by atoms with Gasteiger partial charge in [-0.15, -0.1) is 11.8 Å². The van der Waals surface area contributed by atoms with Gasteiger partial charge in [0.05, 0.1) is 7.11 Å². The summed E-state index contributed by atoms with van der Waals surface area (Å²) in [6.07, 6.45) is 5.25. The molecule has 0 spiro atoms. The first-order valence-corrected chi connectivity index (χ1v) is 9.87. The Morgan fingerprint density at radius 2 is 2.04 bits per heavy atom. The van der Waals surface area contributed by atoms with E-state index in [0.29, 0.717) is 23.1 Å². The Kier molecular flexibility index (Phi) is 7.17. The van der Waals surface area contributed by atoms with Crippen LogP contribution in [-0.4, -0.2) is 37.9 Å². The molecule has 2 rings (SSSR count). The topological polar surface area (TPSA) is 64.6 Å². The van der Waals surface area contributed by atoms with Crippen LogP contribution in [0.2, 0.25) is 0 Å². The Hall–Kier alpha value is -1.69. The molecule has 1 fully saturated rings. The summed E-state index contributed by atoms with van der Waals surface area (Å²) in [7, 11) is 1.51. The number of hydrogen-bond acceptors (Lipinski definition) is 5. The maximum absolute atomic E-state index is 12.2. The lowest BCUT2D eigenvalue weighted by molar-refractivity contribution is -0.125. The number of benzene rings is 1. The van der Waals surface area contributed by atoms with E-state index in [1.807, 2.05) is 12.3 Å². The Morgan fingerprint density at radius 1 is 1.28 bits per heavy atom. The lowest BCUT2D eigenvalue weighted by Crippen LogP contribution is -2.45. The molecule has 1 aromatic carbocycles. The molecule has 1 saturated carbocycles. The van der Waals surface area contributed by atoms with Crippen molar-refractivity contribution >= 4 is 23.6 Å². The van der Waals surface area contributed by atoms with E-state index < -0.39 is 5.97 Å². The van der Waals surface area contributed by atoms with Gasteiger partial charge in [-0.2, -0.15) is 0 Å². The van der Waals surface area contributed by atoms with E-state index in [-0.39, 0.29) is 18.6 Å². The van der Waals surface area contributed by atoms with Gasteiger partial charge in [-0.3, -0.25) is 4.79 Å². The van der Waals surface area contributed by atoms with Crippen LogP contribution < -0.4 is 10.1 Å². The van der Waals surface area contributed by atoms with Crippen molar-refractivity contribution in [3.63, 3.8) is 0 Å². The number of ether oxygens (including phenoxy) is 2. The molecule has 0 unspecified atom stereocenters. The lowest BCUT2D eigenvalue weighted by atomic mass is 9.78. The number of esters is 1. The largest absolute Gasteiger partial charge is 0.496 e. The smallest absolute Gasteiger partial charge is 0.342 e. The quantitative estimate of drug-likeness (QED) is 0.617. The van der Waals surface area contributed by atoms with Crippen molar-refractivity contribution in [2.45, 2.75) is 44.0 Å². The molecule has 1 aromatic rings. The minimum atomic E-state index is -0.551. The molecule has 0 aliphatic heterocycles. The third-order valence-electron chi connectivity index (χ3n) is 5.02. The Labute approximate surface area is 153 Å². The van der Waals surface area contributed by atoms with Gasteiger partial charge in [-0.05, 0) is 42.7 Å². The second-order valence-corrected chi connectivity index (χ2v) is 7.46. The van der Waals surface area contributed by atoms with E-state index in [4.69, 9.17) is 9.47 Å². The molecule has 138 valence electrons. The summed E-state index contributed by atoms with van der Waals surface area (Å²) in [5.74, 6) is 0.684. The van der Waals surface area contributed by atoms with Crippen LogP contribution in [0.1, 0.15) is 43.5 Å². The predicted molar refractivity (Wildman–Crippen MR) is 99.2 cm³/mol. The summed E-state index contributed by atoms with van der Waals surface area (Å²) in [6, 6.07) is 5.43. The van der Waals surface area contributed by atoms with Crippen molar-refractivity contribution < 1.29 is 19.1 Å². The van der Waals surface area contributed by atoms with Crippen LogP contribution in [0.25, 0.3) is 0 Å². The van der Waals surface area contributed by atoms with Crippen LogP contribution in [0.4, 0.5) is 0 Å². The van der Waals surface area contributed by atoms with Gasteiger partial charge in [0.15, 0.2) is 6.61 Å². The molecule has 0 heterocycles. The summed E-state index contributed by atoms with van der Waals surface area (Å²) in [4.78, 5) is 25.4. The van der Waals surface area contributed by atoms with Gasteiger partial charge in [0.1, 0.15) is 11.3 Å². The molecule has 1 aliphatic rings. The van der Waals surface area contributed by atoms with Crippen molar-refractivity contribution in [3.8, 4) is 5.75 Å². The first-order valence-electron chi connectivity index (χ1n) is 8.64. The monoisotopic (exact) mass is 365 g/mol. The van der Waals surface area contributed by atoms with Crippen LogP contribution in [0.5, 0.6) is 5.75 Å². The van der Waals surface area contributed by atoms with Crippen molar-refractivity contribution in [2.24, 2.45) is 11.8 Å². The average Bonchev–Trinajstić information content (AvgIpc) is 2.62.